The van der Waals surface area contributed by atoms with Gasteiger partial charge in [-0.1, -0.05) is 17.3 Å². The van der Waals surface area contributed by atoms with E-state index >= 15 is 0 Å². The smallest absolute Gasteiger partial charge is 0.333 e. The summed E-state index contributed by atoms with van der Waals surface area (Å²) >= 11 is 0. The van der Waals surface area contributed by atoms with Gasteiger partial charge in [-0.2, -0.15) is 9.37 Å². The molecular weight excluding hydrogens is 371 g/mol. The number of nitrogens with zero attached hydrogens (tertiary/aromatic N) is 4. The zero-order valence-corrected chi connectivity index (χ0v) is 15.0. The predicted octanol–water partition coefficient (Wildman–Crippen LogP) is 1.56. The highest BCUT2D eigenvalue weighted by atomic mass is 19.1. The van der Waals surface area contributed by atoms with Crippen molar-refractivity contribution in [2.24, 2.45) is 0 Å². The summed E-state index contributed by atoms with van der Waals surface area (Å²) in [6.45, 7) is 0.129. The second-order valence-corrected chi connectivity index (χ2v) is 6.27. The minimum atomic E-state index is -1.06. The molecule has 1 saturated heterocycles. The molecule has 2 aromatic heterocycles. The Balaban J connectivity index is 1.67. The van der Waals surface area contributed by atoms with E-state index < -0.39 is 23.3 Å². The summed E-state index contributed by atoms with van der Waals surface area (Å²) in [5, 5.41) is 3.86. The van der Waals surface area contributed by atoms with Gasteiger partial charge < -0.3 is 14.0 Å². The first-order chi connectivity index (χ1) is 13.6. The van der Waals surface area contributed by atoms with Crippen molar-refractivity contribution in [1.82, 2.24) is 19.3 Å². The fourth-order valence-electron chi connectivity index (χ4n) is 3.05. The Morgan fingerprint density at radius 1 is 1.36 bits per heavy atom. The second-order valence-electron chi connectivity index (χ2n) is 6.27. The lowest BCUT2D eigenvalue weighted by Crippen LogP contribution is -2.42. The second kappa shape index (κ2) is 7.39. The molecule has 3 aromatic rings. The first-order valence-corrected chi connectivity index (χ1v) is 8.67. The molecular formula is C18H17FN4O5. The van der Waals surface area contributed by atoms with Crippen molar-refractivity contribution in [1.29, 1.82) is 0 Å². The fourth-order valence-corrected chi connectivity index (χ4v) is 3.05. The van der Waals surface area contributed by atoms with E-state index in [4.69, 9.17) is 14.0 Å². The molecule has 1 aromatic carbocycles. The highest BCUT2D eigenvalue weighted by molar-refractivity contribution is 5.56. The summed E-state index contributed by atoms with van der Waals surface area (Å²) in [6, 6.07) is 7.01. The van der Waals surface area contributed by atoms with Gasteiger partial charge in [-0.3, -0.25) is 9.36 Å². The summed E-state index contributed by atoms with van der Waals surface area (Å²) < 4.78 is 31.6. The molecule has 0 spiro atoms. The van der Waals surface area contributed by atoms with Crippen LogP contribution in [-0.2, 0) is 11.3 Å². The van der Waals surface area contributed by atoms with Crippen molar-refractivity contribution in [2.45, 2.75) is 25.6 Å². The van der Waals surface area contributed by atoms with Crippen LogP contribution in [0.3, 0.4) is 0 Å². The topological polar surface area (TPSA) is 101 Å². The molecule has 1 aliphatic rings. The average Bonchev–Trinajstić information content (AvgIpc) is 3.40. The highest BCUT2D eigenvalue weighted by Crippen LogP contribution is 2.22. The summed E-state index contributed by atoms with van der Waals surface area (Å²) in [6.07, 6.45) is 1.61. The van der Waals surface area contributed by atoms with E-state index in [1.165, 1.54) is 7.11 Å². The molecule has 0 aliphatic carbocycles. The van der Waals surface area contributed by atoms with Crippen LogP contribution in [0.1, 0.15) is 25.0 Å². The van der Waals surface area contributed by atoms with E-state index in [0.29, 0.717) is 24.3 Å². The zero-order valence-electron chi connectivity index (χ0n) is 15.0. The maximum absolute atomic E-state index is 14.1. The number of aromatic nitrogens is 4. The summed E-state index contributed by atoms with van der Waals surface area (Å²) in [4.78, 5) is 29.0. The molecule has 0 bridgehead atoms. The lowest BCUT2D eigenvalue weighted by molar-refractivity contribution is 0.0503. The van der Waals surface area contributed by atoms with Gasteiger partial charge in [0.2, 0.25) is 17.5 Å². The zero-order chi connectivity index (χ0) is 19.7. The van der Waals surface area contributed by atoms with Gasteiger partial charge >= 0.3 is 5.69 Å². The Bertz CT molecular complexity index is 1110. The van der Waals surface area contributed by atoms with Crippen molar-refractivity contribution < 1.29 is 18.4 Å². The number of ether oxygens (including phenoxy) is 2. The molecule has 1 atom stereocenters. The largest absolute Gasteiger partial charge is 0.497 e. The normalized spacial score (nSPS) is 16.4. The van der Waals surface area contributed by atoms with Crippen LogP contribution in [0.5, 0.6) is 5.75 Å². The van der Waals surface area contributed by atoms with Crippen molar-refractivity contribution in [3.63, 3.8) is 0 Å². The summed E-state index contributed by atoms with van der Waals surface area (Å²) in [7, 11) is 1.54. The van der Waals surface area contributed by atoms with Gasteiger partial charge in [0.05, 0.1) is 13.3 Å². The van der Waals surface area contributed by atoms with E-state index in [9.17, 15) is 14.0 Å². The number of halogens is 1. The Kier molecular flexibility index (Phi) is 4.78. The summed E-state index contributed by atoms with van der Waals surface area (Å²) in [5.41, 5.74) is -1.11. The van der Waals surface area contributed by atoms with Crippen molar-refractivity contribution in [2.75, 3.05) is 13.7 Å². The van der Waals surface area contributed by atoms with Gasteiger partial charge in [0, 0.05) is 12.2 Å². The third kappa shape index (κ3) is 3.33. The maximum atomic E-state index is 14.1. The van der Waals surface area contributed by atoms with Gasteiger partial charge in [0.25, 0.3) is 5.56 Å². The maximum Gasteiger partial charge on any atom is 0.333 e. The van der Waals surface area contributed by atoms with Gasteiger partial charge in [-0.25, -0.2) is 9.36 Å². The molecule has 146 valence electrons. The van der Waals surface area contributed by atoms with E-state index in [1.54, 1.807) is 24.3 Å². The quantitative estimate of drug-likeness (QED) is 0.654. The van der Waals surface area contributed by atoms with Crippen LogP contribution < -0.4 is 16.0 Å². The molecule has 0 amide bonds. The summed E-state index contributed by atoms with van der Waals surface area (Å²) in [5.74, 6) is -0.174. The third-order valence-electron chi connectivity index (χ3n) is 4.46. The number of rotatable bonds is 5. The van der Waals surface area contributed by atoms with Crippen molar-refractivity contribution in [3.8, 4) is 17.1 Å². The molecule has 0 radical (unpaired) electrons. The molecule has 10 heteroatoms. The molecule has 1 aliphatic heterocycles. The van der Waals surface area contributed by atoms with E-state index in [1.807, 2.05) is 0 Å². The van der Waals surface area contributed by atoms with Crippen LogP contribution in [0.2, 0.25) is 0 Å². The predicted molar refractivity (Wildman–Crippen MR) is 94.5 cm³/mol. The minimum Gasteiger partial charge on any atom is -0.497 e. The van der Waals surface area contributed by atoms with Crippen LogP contribution >= 0.6 is 0 Å². The van der Waals surface area contributed by atoms with Crippen molar-refractivity contribution in [3.05, 3.63) is 63.0 Å². The molecule has 0 N–H and O–H groups in total. The van der Waals surface area contributed by atoms with Crippen LogP contribution in [0.25, 0.3) is 11.4 Å². The molecule has 1 fully saturated rings. The van der Waals surface area contributed by atoms with Gasteiger partial charge in [-0.05, 0) is 25.0 Å². The van der Waals surface area contributed by atoms with Gasteiger partial charge in [0.1, 0.15) is 18.5 Å². The Morgan fingerprint density at radius 2 is 2.21 bits per heavy atom. The van der Waals surface area contributed by atoms with Crippen LogP contribution in [0, 0.1) is 5.82 Å². The molecule has 0 unspecified atom stereocenters. The first kappa shape index (κ1) is 18.1. The number of hydrogen-bond acceptors (Lipinski definition) is 7. The molecule has 0 saturated carbocycles. The van der Waals surface area contributed by atoms with Crippen LogP contribution in [0.4, 0.5) is 4.39 Å². The van der Waals surface area contributed by atoms with Crippen LogP contribution in [-0.4, -0.2) is 33.0 Å². The van der Waals surface area contributed by atoms with Gasteiger partial charge in [0.15, 0.2) is 0 Å². The number of methoxy groups -OCH3 is 1. The molecule has 4 rings (SSSR count). The molecule has 9 nitrogen and oxygen atoms in total. The standard InChI is InChI=1S/C18H17FN4O5/c1-26-12-5-2-4-11(8-12)16-20-14(28-21-16)10-23-17(24)13(19)9-22(18(23)25)15-6-3-7-27-15/h2,4-5,8-9,15H,3,6-7,10H2,1H3/t15-/m0/s1. The van der Waals surface area contributed by atoms with E-state index in [2.05, 4.69) is 10.1 Å². The monoisotopic (exact) mass is 388 g/mol. The van der Waals surface area contributed by atoms with Gasteiger partial charge in [-0.15, -0.1) is 0 Å². The van der Waals surface area contributed by atoms with E-state index in [0.717, 1.165) is 21.8 Å². The molecule has 28 heavy (non-hydrogen) atoms. The van der Waals surface area contributed by atoms with Crippen molar-refractivity contribution >= 4 is 0 Å². The lowest BCUT2D eigenvalue weighted by atomic mass is 10.2. The highest BCUT2D eigenvalue weighted by Gasteiger charge is 2.23. The SMILES string of the molecule is COc1cccc(-c2noc(Cn3c(=O)c(F)cn([C@@H]4CCCO4)c3=O)n2)c1. The minimum absolute atomic E-state index is 0.00140. The Hall–Kier alpha value is -3.27. The third-order valence-corrected chi connectivity index (χ3v) is 4.46. The first-order valence-electron chi connectivity index (χ1n) is 8.67. The Labute approximate surface area is 157 Å². The fraction of sp³-hybridized carbons (Fsp3) is 0.333. The van der Waals surface area contributed by atoms with E-state index in [-0.39, 0.29) is 18.3 Å². The van der Waals surface area contributed by atoms with Crippen LogP contribution in [0.15, 0.2) is 44.6 Å². The number of hydrogen-bond donors (Lipinski definition) is 0. The average molecular weight is 388 g/mol. The molecule has 3 heterocycles. The lowest BCUT2D eigenvalue weighted by Gasteiger charge is -2.14. The Morgan fingerprint density at radius 3 is 2.96 bits per heavy atom. The number of benzene rings is 1.